The van der Waals surface area contributed by atoms with Gasteiger partial charge < -0.3 is 13.5 Å². The van der Waals surface area contributed by atoms with Gasteiger partial charge >= 0.3 is 0 Å². The van der Waals surface area contributed by atoms with E-state index in [4.69, 9.17) is 8.94 Å². The van der Waals surface area contributed by atoms with Gasteiger partial charge in [0, 0.05) is 24.5 Å². The minimum Gasteiger partial charge on any atom is -0.420 e. The van der Waals surface area contributed by atoms with Crippen LogP contribution in [0.5, 0.6) is 0 Å². The van der Waals surface area contributed by atoms with Gasteiger partial charge in [-0.2, -0.15) is 0 Å². The second kappa shape index (κ2) is 7.17. The molecule has 0 aliphatic heterocycles. The molecule has 26 heavy (non-hydrogen) atoms. The molecule has 0 saturated heterocycles. The average molecular weight is 367 g/mol. The number of aromatic nitrogens is 5. The number of hydrogen-bond donors (Lipinski definition) is 0. The highest BCUT2D eigenvalue weighted by Crippen LogP contribution is 2.33. The van der Waals surface area contributed by atoms with Crippen LogP contribution in [-0.4, -0.2) is 24.9 Å². The van der Waals surface area contributed by atoms with E-state index in [0.29, 0.717) is 29.0 Å². The second-order valence-electron chi connectivity index (χ2n) is 5.61. The molecule has 132 valence electrons. The Morgan fingerprint density at radius 1 is 1.15 bits per heavy atom. The van der Waals surface area contributed by atoms with Gasteiger partial charge in [-0.1, -0.05) is 47.3 Å². The zero-order chi connectivity index (χ0) is 17.9. The maximum Gasteiger partial charge on any atom is 0.253 e. The van der Waals surface area contributed by atoms with Crippen LogP contribution in [0.25, 0.3) is 22.7 Å². The number of thioether (sulfide) groups is 1. The normalized spacial score (nSPS) is 11.2. The first-order valence-corrected chi connectivity index (χ1v) is 9.23. The quantitative estimate of drug-likeness (QED) is 0.472. The Kier molecular flexibility index (Phi) is 4.57. The van der Waals surface area contributed by atoms with Crippen molar-refractivity contribution < 1.29 is 8.94 Å². The van der Waals surface area contributed by atoms with E-state index >= 15 is 0 Å². The molecule has 0 saturated carbocycles. The van der Waals surface area contributed by atoms with Crippen molar-refractivity contribution in [2.75, 3.05) is 0 Å². The molecule has 0 unspecified atom stereocenters. The minimum absolute atomic E-state index is 0.414. The van der Waals surface area contributed by atoms with Crippen molar-refractivity contribution in [2.24, 2.45) is 0 Å². The largest absolute Gasteiger partial charge is 0.420 e. The number of hydrogen-bond acceptors (Lipinski definition) is 7. The zero-order valence-corrected chi connectivity index (χ0v) is 15.2. The van der Waals surface area contributed by atoms with E-state index in [1.165, 1.54) is 0 Å². The highest BCUT2D eigenvalue weighted by Gasteiger charge is 2.22. The van der Waals surface area contributed by atoms with Crippen LogP contribution in [0.1, 0.15) is 18.6 Å². The highest BCUT2D eigenvalue weighted by atomic mass is 32.2. The molecular formula is C18H17N5O2S. The Balaban J connectivity index is 1.58. The van der Waals surface area contributed by atoms with E-state index in [9.17, 15) is 0 Å². The third-order valence-corrected chi connectivity index (χ3v) is 4.92. The maximum absolute atomic E-state index is 5.86. The van der Waals surface area contributed by atoms with Crippen molar-refractivity contribution in [3.8, 4) is 22.7 Å². The van der Waals surface area contributed by atoms with Crippen LogP contribution in [0, 0.1) is 6.92 Å². The Bertz CT molecular complexity index is 1010. The molecule has 3 aromatic heterocycles. The molecular weight excluding hydrogens is 350 g/mol. The van der Waals surface area contributed by atoms with Crippen molar-refractivity contribution in [3.05, 3.63) is 54.4 Å². The van der Waals surface area contributed by atoms with Gasteiger partial charge in [0.1, 0.15) is 17.0 Å². The lowest BCUT2D eigenvalue weighted by Crippen LogP contribution is -1.94. The molecule has 0 N–H and O–H groups in total. The Labute approximate surface area is 154 Å². The van der Waals surface area contributed by atoms with Crippen LogP contribution in [-0.2, 0) is 12.3 Å². The summed E-state index contributed by atoms with van der Waals surface area (Å²) in [6, 6.07) is 9.80. The topological polar surface area (TPSA) is 82.8 Å². The first-order valence-electron chi connectivity index (χ1n) is 8.24. The number of nitrogens with zero attached hydrogens (tertiary/aromatic N) is 5. The summed E-state index contributed by atoms with van der Waals surface area (Å²) in [6.07, 6.45) is 3.74. The van der Waals surface area contributed by atoms with Crippen LogP contribution < -0.4 is 0 Å². The lowest BCUT2D eigenvalue weighted by Gasteiger charge is -2.01. The van der Waals surface area contributed by atoms with E-state index < -0.39 is 0 Å². The monoisotopic (exact) mass is 367 g/mol. The number of imidazole rings is 1. The molecule has 7 nitrogen and oxygen atoms in total. The third kappa shape index (κ3) is 3.15. The fraction of sp³-hybridized carbons (Fsp3) is 0.222. The Morgan fingerprint density at radius 2 is 2.00 bits per heavy atom. The highest BCUT2D eigenvalue weighted by molar-refractivity contribution is 7.98. The van der Waals surface area contributed by atoms with Crippen LogP contribution in [0.3, 0.4) is 0 Å². The fourth-order valence-corrected chi connectivity index (χ4v) is 3.49. The summed E-state index contributed by atoms with van der Waals surface area (Å²) in [4.78, 5) is 4.34. The average Bonchev–Trinajstić information content (AvgIpc) is 3.39. The van der Waals surface area contributed by atoms with Gasteiger partial charge in [-0.25, -0.2) is 4.98 Å². The van der Waals surface area contributed by atoms with Gasteiger partial charge in [-0.3, -0.25) is 0 Å². The molecule has 0 aliphatic carbocycles. The lowest BCUT2D eigenvalue weighted by molar-refractivity contribution is 0.399. The van der Waals surface area contributed by atoms with Crippen molar-refractivity contribution in [1.82, 2.24) is 24.9 Å². The van der Waals surface area contributed by atoms with Crippen molar-refractivity contribution in [1.29, 1.82) is 0 Å². The molecule has 0 atom stereocenters. The zero-order valence-electron chi connectivity index (χ0n) is 14.4. The Hall–Kier alpha value is -2.87. The maximum atomic E-state index is 5.86. The minimum atomic E-state index is 0.414. The lowest BCUT2D eigenvalue weighted by atomic mass is 10.1. The number of aryl methyl sites for hydroxylation is 2. The summed E-state index contributed by atoms with van der Waals surface area (Å²) in [6.45, 7) is 4.79. The van der Waals surface area contributed by atoms with Gasteiger partial charge in [0.25, 0.3) is 5.89 Å². The van der Waals surface area contributed by atoms with Gasteiger partial charge in [-0.15, -0.1) is 10.2 Å². The van der Waals surface area contributed by atoms with E-state index in [2.05, 4.69) is 31.8 Å². The molecule has 0 amide bonds. The van der Waals surface area contributed by atoms with Gasteiger partial charge in [0.2, 0.25) is 5.89 Å². The standard InChI is InChI=1S/C18H17N5O2S/c1-3-23-10-9-19-18(23)26-11-14-20-21-17(24-14)15-12(2)25-22-16(15)13-7-5-4-6-8-13/h4-10H,3,11H2,1-2H3. The summed E-state index contributed by atoms with van der Waals surface area (Å²) in [5, 5.41) is 13.4. The van der Waals surface area contributed by atoms with E-state index in [1.807, 2.05) is 43.5 Å². The second-order valence-corrected chi connectivity index (χ2v) is 6.56. The molecule has 0 aliphatic rings. The first kappa shape index (κ1) is 16.6. The van der Waals surface area contributed by atoms with Crippen LogP contribution in [0.2, 0.25) is 0 Å². The van der Waals surface area contributed by atoms with Crippen LogP contribution in [0.15, 0.2) is 56.8 Å². The van der Waals surface area contributed by atoms with Gasteiger partial charge in [0.05, 0.1) is 5.75 Å². The first-order chi connectivity index (χ1) is 12.8. The van der Waals surface area contributed by atoms with Crippen molar-refractivity contribution in [3.63, 3.8) is 0 Å². The molecule has 0 bridgehead atoms. The summed E-state index contributed by atoms with van der Waals surface area (Å²) in [7, 11) is 0. The SMILES string of the molecule is CCn1ccnc1SCc1nnc(-c2c(-c3ccccc3)noc2C)o1. The summed E-state index contributed by atoms with van der Waals surface area (Å²) < 4.78 is 13.3. The van der Waals surface area contributed by atoms with Crippen molar-refractivity contribution in [2.45, 2.75) is 31.3 Å². The van der Waals surface area contributed by atoms with Crippen LogP contribution in [0.4, 0.5) is 0 Å². The smallest absolute Gasteiger partial charge is 0.253 e. The molecule has 0 spiro atoms. The summed E-state index contributed by atoms with van der Waals surface area (Å²) in [5.41, 5.74) is 2.38. The molecule has 1 aromatic carbocycles. The van der Waals surface area contributed by atoms with E-state index in [-0.39, 0.29) is 0 Å². The summed E-state index contributed by atoms with van der Waals surface area (Å²) >= 11 is 1.56. The predicted octanol–water partition coefficient (Wildman–Crippen LogP) is 4.21. The molecule has 4 aromatic rings. The molecule has 0 fully saturated rings. The molecule has 8 heteroatoms. The summed E-state index contributed by atoms with van der Waals surface area (Å²) in [5.74, 6) is 2.15. The number of benzene rings is 1. The Morgan fingerprint density at radius 3 is 2.81 bits per heavy atom. The molecule has 0 radical (unpaired) electrons. The van der Waals surface area contributed by atoms with E-state index in [1.54, 1.807) is 18.0 Å². The number of rotatable bonds is 6. The van der Waals surface area contributed by atoms with Crippen molar-refractivity contribution >= 4 is 11.8 Å². The van der Waals surface area contributed by atoms with Gasteiger partial charge in [0.15, 0.2) is 5.16 Å². The molecule has 3 heterocycles. The van der Waals surface area contributed by atoms with E-state index in [0.717, 1.165) is 22.8 Å². The molecule has 4 rings (SSSR count). The predicted molar refractivity (Wildman–Crippen MR) is 97.4 cm³/mol. The third-order valence-electron chi connectivity index (χ3n) is 3.93. The van der Waals surface area contributed by atoms with Crippen LogP contribution >= 0.6 is 11.8 Å². The fourth-order valence-electron chi connectivity index (χ4n) is 2.63. The van der Waals surface area contributed by atoms with Gasteiger partial charge in [-0.05, 0) is 13.8 Å².